The summed E-state index contributed by atoms with van der Waals surface area (Å²) in [5, 5.41) is 0.484. The molecule has 1 amide bonds. The van der Waals surface area contributed by atoms with E-state index in [1.807, 2.05) is 24.8 Å². The van der Waals surface area contributed by atoms with Crippen molar-refractivity contribution in [3.8, 4) is 5.75 Å². The summed E-state index contributed by atoms with van der Waals surface area (Å²) in [6.45, 7) is 10.5. The Morgan fingerprint density at radius 1 is 1.14 bits per heavy atom. The molecular formula is C20H31ClN2O5. The lowest BCUT2D eigenvalue weighted by Crippen LogP contribution is -2.58. The van der Waals surface area contributed by atoms with Gasteiger partial charge in [-0.2, -0.15) is 0 Å². The molecule has 1 aromatic rings. The minimum Gasteiger partial charge on any atom is -0.495 e. The van der Waals surface area contributed by atoms with E-state index in [0.29, 0.717) is 23.9 Å². The summed E-state index contributed by atoms with van der Waals surface area (Å²) in [6, 6.07) is 4.64. The number of halogens is 1. The molecule has 0 radical (unpaired) electrons. The molecule has 1 aromatic carbocycles. The van der Waals surface area contributed by atoms with Crippen LogP contribution in [0.4, 0.5) is 10.5 Å². The van der Waals surface area contributed by atoms with Gasteiger partial charge in [0.2, 0.25) is 0 Å². The number of ether oxygens (including phenoxy) is 3. The Hall–Kier alpha value is -2.15. The van der Waals surface area contributed by atoms with Crippen LogP contribution in [-0.4, -0.2) is 62.5 Å². The van der Waals surface area contributed by atoms with Crippen molar-refractivity contribution in [1.29, 1.82) is 0 Å². The first-order valence-corrected chi connectivity index (χ1v) is 9.70. The molecule has 2 rings (SSSR count). The normalized spacial score (nSPS) is 16.6. The van der Waals surface area contributed by atoms with Crippen LogP contribution in [0.2, 0.25) is 5.02 Å². The molecule has 8 heteroatoms. The number of amides is 1. The fourth-order valence-electron chi connectivity index (χ4n) is 2.75. The molecule has 0 spiro atoms. The molecule has 0 N–H and O–H groups in total. The second-order valence-electron chi connectivity index (χ2n) is 6.98. The van der Waals surface area contributed by atoms with Gasteiger partial charge in [0.1, 0.15) is 17.4 Å². The zero-order valence-electron chi connectivity index (χ0n) is 17.7. The summed E-state index contributed by atoms with van der Waals surface area (Å²) in [7, 11) is 2.86. The van der Waals surface area contributed by atoms with Gasteiger partial charge in [0, 0.05) is 24.8 Å². The van der Waals surface area contributed by atoms with Crippen molar-refractivity contribution in [2.45, 2.75) is 46.3 Å². The third-order valence-electron chi connectivity index (χ3n) is 3.97. The van der Waals surface area contributed by atoms with Crippen molar-refractivity contribution >= 4 is 29.4 Å². The lowest BCUT2D eigenvalue weighted by molar-refractivity contribution is -0.143. The van der Waals surface area contributed by atoms with Crippen LogP contribution >= 0.6 is 11.6 Å². The fraction of sp³-hybridized carbons (Fsp3) is 0.600. The molecule has 1 saturated heterocycles. The van der Waals surface area contributed by atoms with Gasteiger partial charge in [0.25, 0.3) is 0 Å². The average Bonchev–Trinajstić information content (AvgIpc) is 2.67. The van der Waals surface area contributed by atoms with E-state index in [-0.39, 0.29) is 6.54 Å². The Morgan fingerprint density at radius 3 is 2.32 bits per heavy atom. The Kier molecular flexibility index (Phi) is 8.88. The number of hydrogen-bond donors (Lipinski definition) is 0. The molecule has 28 heavy (non-hydrogen) atoms. The molecule has 0 aliphatic carbocycles. The molecule has 7 nitrogen and oxygen atoms in total. The van der Waals surface area contributed by atoms with E-state index in [0.717, 1.165) is 5.69 Å². The van der Waals surface area contributed by atoms with Crippen LogP contribution in [-0.2, 0) is 14.3 Å². The number of benzene rings is 1. The second kappa shape index (κ2) is 10.4. The number of esters is 1. The first-order valence-electron chi connectivity index (χ1n) is 9.32. The Bertz CT molecular complexity index is 675. The summed E-state index contributed by atoms with van der Waals surface area (Å²) in [4.78, 5) is 28.1. The molecule has 158 valence electrons. The Morgan fingerprint density at radius 2 is 1.79 bits per heavy atom. The van der Waals surface area contributed by atoms with E-state index >= 15 is 0 Å². The van der Waals surface area contributed by atoms with Crippen LogP contribution in [0, 0.1) is 0 Å². The molecule has 1 atom stereocenters. The third-order valence-corrected chi connectivity index (χ3v) is 4.28. The monoisotopic (exact) mass is 414 g/mol. The minimum absolute atomic E-state index is 0.173. The second-order valence-corrected chi connectivity index (χ2v) is 7.38. The molecule has 1 fully saturated rings. The van der Waals surface area contributed by atoms with Gasteiger partial charge < -0.3 is 24.0 Å². The van der Waals surface area contributed by atoms with Crippen molar-refractivity contribution in [2.75, 3.05) is 38.8 Å². The summed E-state index contributed by atoms with van der Waals surface area (Å²) >= 11 is 6.08. The first-order chi connectivity index (χ1) is 13.2. The van der Waals surface area contributed by atoms with Crippen molar-refractivity contribution in [2.24, 2.45) is 0 Å². The highest BCUT2D eigenvalue weighted by molar-refractivity contribution is 6.32. The van der Waals surface area contributed by atoms with Crippen LogP contribution in [0.3, 0.4) is 0 Å². The van der Waals surface area contributed by atoms with Crippen LogP contribution in [0.25, 0.3) is 0 Å². The lowest BCUT2D eigenvalue weighted by atomic mass is 10.1. The summed E-state index contributed by atoms with van der Waals surface area (Å²) < 4.78 is 15.6. The topological polar surface area (TPSA) is 68.3 Å². The number of anilines is 1. The quantitative estimate of drug-likeness (QED) is 0.697. The third kappa shape index (κ3) is 6.19. The van der Waals surface area contributed by atoms with E-state index in [9.17, 15) is 9.59 Å². The van der Waals surface area contributed by atoms with Gasteiger partial charge in [0.05, 0.1) is 25.8 Å². The van der Waals surface area contributed by atoms with Crippen molar-refractivity contribution in [3.63, 3.8) is 0 Å². The van der Waals surface area contributed by atoms with Gasteiger partial charge in [-0.3, -0.25) is 0 Å². The highest BCUT2D eigenvalue weighted by atomic mass is 35.5. The van der Waals surface area contributed by atoms with Gasteiger partial charge in [-0.15, -0.1) is 0 Å². The molecule has 1 aliphatic heterocycles. The Labute approximate surface area is 172 Å². The van der Waals surface area contributed by atoms with Gasteiger partial charge in [0.15, 0.2) is 0 Å². The molecule has 1 aliphatic rings. The van der Waals surface area contributed by atoms with Crippen molar-refractivity contribution in [1.82, 2.24) is 4.90 Å². The van der Waals surface area contributed by atoms with Gasteiger partial charge in [-0.25, -0.2) is 9.59 Å². The molecule has 1 unspecified atom stereocenters. The zero-order valence-corrected chi connectivity index (χ0v) is 18.5. The maximum Gasteiger partial charge on any atom is 0.410 e. The number of piperazine rings is 1. The van der Waals surface area contributed by atoms with Gasteiger partial charge in [-0.05, 0) is 32.9 Å². The number of nitrogens with zero attached hydrogens (tertiary/aromatic N) is 2. The number of methoxy groups -OCH3 is 2. The van der Waals surface area contributed by atoms with Crippen LogP contribution in [0.15, 0.2) is 18.2 Å². The SMILES string of the molecule is CC.COC(=O)C1CN(C(=O)OC(C)(C)C)CCN1c1ccc(Cl)c(OC)c1. The predicted molar refractivity (Wildman–Crippen MR) is 110 cm³/mol. The van der Waals surface area contributed by atoms with Crippen LogP contribution in [0.1, 0.15) is 34.6 Å². The molecular weight excluding hydrogens is 384 g/mol. The minimum atomic E-state index is -0.646. The molecule has 0 saturated carbocycles. The molecule has 1 heterocycles. The van der Waals surface area contributed by atoms with Crippen LogP contribution in [0.5, 0.6) is 5.75 Å². The zero-order chi connectivity index (χ0) is 21.5. The van der Waals surface area contributed by atoms with Gasteiger partial charge in [-0.1, -0.05) is 25.4 Å². The summed E-state index contributed by atoms with van der Waals surface area (Å²) in [6.07, 6.45) is -0.445. The maximum absolute atomic E-state index is 12.4. The van der Waals surface area contributed by atoms with Crippen molar-refractivity contribution in [3.05, 3.63) is 23.2 Å². The van der Waals surface area contributed by atoms with E-state index in [1.54, 1.807) is 32.9 Å². The highest BCUT2D eigenvalue weighted by Gasteiger charge is 2.37. The van der Waals surface area contributed by atoms with E-state index in [2.05, 4.69) is 0 Å². The lowest BCUT2D eigenvalue weighted by Gasteiger charge is -2.41. The van der Waals surface area contributed by atoms with E-state index < -0.39 is 23.7 Å². The summed E-state index contributed by atoms with van der Waals surface area (Å²) in [5.41, 5.74) is 0.170. The predicted octanol–water partition coefficient (Wildman–Crippen LogP) is 3.97. The molecule has 0 bridgehead atoms. The first kappa shape index (κ1) is 23.9. The highest BCUT2D eigenvalue weighted by Crippen LogP contribution is 2.31. The number of hydrogen-bond acceptors (Lipinski definition) is 6. The maximum atomic E-state index is 12.4. The standard InChI is InChI=1S/C18H25ClN2O5.C2H6/c1-18(2,3)26-17(23)20-8-9-21(14(11-20)16(22)25-5)12-6-7-13(19)15(10-12)24-4;1-2/h6-7,10,14H,8-9,11H2,1-5H3;1-2H3. The number of carbonyl (C=O) groups excluding carboxylic acids is 2. The average molecular weight is 415 g/mol. The largest absolute Gasteiger partial charge is 0.495 e. The molecule has 0 aromatic heterocycles. The smallest absolute Gasteiger partial charge is 0.410 e. The number of rotatable bonds is 3. The van der Waals surface area contributed by atoms with E-state index in [4.69, 9.17) is 25.8 Å². The Balaban J connectivity index is 0.00000190. The van der Waals surface area contributed by atoms with E-state index in [1.165, 1.54) is 19.1 Å². The van der Waals surface area contributed by atoms with Crippen molar-refractivity contribution < 1.29 is 23.8 Å². The fourth-order valence-corrected chi connectivity index (χ4v) is 2.94. The summed E-state index contributed by atoms with van der Waals surface area (Å²) in [5.74, 6) is 0.0922. The number of carbonyl (C=O) groups is 2. The van der Waals surface area contributed by atoms with Crippen LogP contribution < -0.4 is 9.64 Å². The van der Waals surface area contributed by atoms with Gasteiger partial charge >= 0.3 is 12.1 Å².